The second kappa shape index (κ2) is 7.60. The molecule has 7 nitrogen and oxygen atoms in total. The summed E-state index contributed by atoms with van der Waals surface area (Å²) in [5.74, 6) is 0.436. The number of para-hydroxylation sites is 1. The third-order valence-electron chi connectivity index (χ3n) is 4.03. The Kier molecular flexibility index (Phi) is 5.07. The van der Waals surface area contributed by atoms with Gasteiger partial charge < -0.3 is 10.2 Å². The van der Waals surface area contributed by atoms with Gasteiger partial charge in [0.2, 0.25) is 11.6 Å². The zero-order valence-electron chi connectivity index (χ0n) is 14.6. The van der Waals surface area contributed by atoms with E-state index in [1.807, 2.05) is 61.5 Å². The maximum atomic E-state index is 11.7. The maximum Gasteiger partial charge on any atom is 0.353 e. The summed E-state index contributed by atoms with van der Waals surface area (Å²) in [5.41, 5.74) is 2.83. The Morgan fingerprint density at radius 3 is 2.42 bits per heavy atom. The second-order valence-corrected chi connectivity index (χ2v) is 5.89. The fourth-order valence-electron chi connectivity index (χ4n) is 2.58. The van der Waals surface area contributed by atoms with E-state index in [-0.39, 0.29) is 17.3 Å². The average Bonchev–Trinajstić information content (AvgIpc) is 2.67. The lowest BCUT2D eigenvalue weighted by Crippen LogP contribution is -2.15. The Morgan fingerprint density at radius 2 is 1.77 bits per heavy atom. The standard InChI is InChI=1S/C19H19N5O2/c1-14-8-10-15(11-9-14)12-20-18-17(24(25)26)19(22-13-21-18)23(2)16-6-4-3-5-7-16/h3-11,13H,12H2,1-2H3,(H,20,21,22). The van der Waals surface area contributed by atoms with Crippen LogP contribution >= 0.6 is 0 Å². The van der Waals surface area contributed by atoms with Crippen LogP contribution in [0.3, 0.4) is 0 Å². The van der Waals surface area contributed by atoms with Crippen molar-refractivity contribution >= 4 is 23.0 Å². The Bertz CT molecular complexity index is 898. The van der Waals surface area contributed by atoms with Gasteiger partial charge in [-0.05, 0) is 24.6 Å². The van der Waals surface area contributed by atoms with Gasteiger partial charge in [-0.25, -0.2) is 9.97 Å². The first-order chi connectivity index (χ1) is 12.6. The predicted molar refractivity (Wildman–Crippen MR) is 102 cm³/mol. The van der Waals surface area contributed by atoms with Crippen LogP contribution in [0, 0.1) is 17.0 Å². The molecule has 0 aliphatic heterocycles. The summed E-state index contributed by atoms with van der Waals surface area (Å²) in [6.45, 7) is 2.45. The van der Waals surface area contributed by atoms with E-state index in [0.29, 0.717) is 6.54 Å². The molecule has 3 rings (SSSR count). The summed E-state index contributed by atoms with van der Waals surface area (Å²) in [6, 6.07) is 17.3. The molecule has 0 aliphatic carbocycles. The van der Waals surface area contributed by atoms with Crippen LogP contribution in [0.2, 0.25) is 0 Å². The van der Waals surface area contributed by atoms with E-state index in [9.17, 15) is 10.1 Å². The summed E-state index contributed by atoms with van der Waals surface area (Å²) in [7, 11) is 1.74. The van der Waals surface area contributed by atoms with Gasteiger partial charge in [0.15, 0.2) is 0 Å². The lowest BCUT2D eigenvalue weighted by molar-refractivity contribution is -0.383. The van der Waals surface area contributed by atoms with Crippen molar-refractivity contribution in [3.63, 3.8) is 0 Å². The summed E-state index contributed by atoms with van der Waals surface area (Å²) in [6.07, 6.45) is 1.33. The van der Waals surface area contributed by atoms with E-state index < -0.39 is 4.92 Å². The highest BCUT2D eigenvalue weighted by molar-refractivity contribution is 5.75. The molecule has 3 aromatic rings. The first-order valence-electron chi connectivity index (χ1n) is 8.14. The van der Waals surface area contributed by atoms with Gasteiger partial charge in [0.1, 0.15) is 6.33 Å². The van der Waals surface area contributed by atoms with Crippen molar-refractivity contribution in [2.24, 2.45) is 0 Å². The molecule has 0 spiro atoms. The Hall–Kier alpha value is -3.48. The number of anilines is 3. The molecule has 0 fully saturated rings. The number of rotatable bonds is 6. The van der Waals surface area contributed by atoms with Crippen molar-refractivity contribution in [3.05, 3.63) is 82.2 Å². The molecular formula is C19H19N5O2. The molecule has 0 unspecified atom stereocenters. The molecule has 26 heavy (non-hydrogen) atoms. The molecule has 2 aromatic carbocycles. The highest BCUT2D eigenvalue weighted by Crippen LogP contribution is 2.34. The number of nitrogens with zero attached hydrogens (tertiary/aromatic N) is 4. The fraction of sp³-hybridized carbons (Fsp3) is 0.158. The van der Waals surface area contributed by atoms with Crippen LogP contribution in [-0.2, 0) is 6.54 Å². The van der Waals surface area contributed by atoms with Gasteiger partial charge in [-0.1, -0.05) is 48.0 Å². The average molecular weight is 349 g/mol. The van der Waals surface area contributed by atoms with Crippen LogP contribution in [-0.4, -0.2) is 21.9 Å². The lowest BCUT2D eigenvalue weighted by atomic mass is 10.1. The van der Waals surface area contributed by atoms with E-state index in [2.05, 4.69) is 15.3 Å². The second-order valence-electron chi connectivity index (χ2n) is 5.89. The molecule has 0 radical (unpaired) electrons. The lowest BCUT2D eigenvalue weighted by Gasteiger charge is -2.18. The number of hydrogen-bond donors (Lipinski definition) is 1. The largest absolute Gasteiger partial charge is 0.360 e. The number of aromatic nitrogens is 2. The first-order valence-corrected chi connectivity index (χ1v) is 8.14. The van der Waals surface area contributed by atoms with Gasteiger partial charge >= 0.3 is 5.69 Å². The monoisotopic (exact) mass is 349 g/mol. The number of benzene rings is 2. The van der Waals surface area contributed by atoms with Crippen LogP contribution < -0.4 is 10.2 Å². The Balaban J connectivity index is 1.91. The van der Waals surface area contributed by atoms with E-state index in [1.54, 1.807) is 11.9 Å². The van der Waals surface area contributed by atoms with Gasteiger partial charge in [-0.15, -0.1) is 0 Å². The minimum atomic E-state index is -0.452. The van der Waals surface area contributed by atoms with Crippen LogP contribution in [0.25, 0.3) is 0 Å². The Labute approximate surface area is 151 Å². The van der Waals surface area contributed by atoms with Crippen LogP contribution in [0.4, 0.5) is 23.0 Å². The fourth-order valence-corrected chi connectivity index (χ4v) is 2.58. The van der Waals surface area contributed by atoms with Gasteiger partial charge in [0.05, 0.1) is 4.92 Å². The zero-order valence-corrected chi connectivity index (χ0v) is 14.6. The highest BCUT2D eigenvalue weighted by atomic mass is 16.6. The molecule has 1 N–H and O–H groups in total. The molecule has 0 atom stereocenters. The predicted octanol–water partition coefficient (Wildman–Crippen LogP) is 4.07. The number of aryl methyl sites for hydroxylation is 1. The maximum absolute atomic E-state index is 11.7. The molecule has 7 heteroatoms. The number of nitro groups is 1. The van der Waals surface area contributed by atoms with Crippen LogP contribution in [0.1, 0.15) is 11.1 Å². The summed E-state index contributed by atoms with van der Waals surface area (Å²) < 4.78 is 0. The minimum absolute atomic E-state index is 0.147. The van der Waals surface area contributed by atoms with Crippen molar-refractivity contribution in [1.82, 2.24) is 9.97 Å². The molecule has 1 aromatic heterocycles. The summed E-state index contributed by atoms with van der Waals surface area (Å²) in [5, 5.41) is 14.8. The number of nitrogens with one attached hydrogen (secondary N) is 1. The van der Waals surface area contributed by atoms with Gasteiger partial charge in [0, 0.05) is 19.3 Å². The Morgan fingerprint density at radius 1 is 1.08 bits per heavy atom. The van der Waals surface area contributed by atoms with Crippen molar-refractivity contribution in [1.29, 1.82) is 0 Å². The molecule has 0 amide bonds. The van der Waals surface area contributed by atoms with Crippen molar-refractivity contribution in [3.8, 4) is 0 Å². The molecule has 0 bridgehead atoms. The smallest absolute Gasteiger partial charge is 0.353 e. The topological polar surface area (TPSA) is 84.2 Å². The quantitative estimate of drug-likeness (QED) is 0.533. The SMILES string of the molecule is Cc1ccc(CNc2ncnc(N(C)c3ccccc3)c2[N+](=O)[O-])cc1. The third kappa shape index (κ3) is 3.77. The molecule has 0 saturated carbocycles. The molecular weight excluding hydrogens is 330 g/mol. The molecule has 0 aliphatic rings. The zero-order chi connectivity index (χ0) is 18.5. The molecule has 0 saturated heterocycles. The van der Waals surface area contributed by atoms with E-state index >= 15 is 0 Å². The summed E-state index contributed by atoms with van der Waals surface area (Å²) in [4.78, 5) is 21.1. The summed E-state index contributed by atoms with van der Waals surface area (Å²) >= 11 is 0. The van der Waals surface area contributed by atoms with Crippen molar-refractivity contribution in [2.45, 2.75) is 13.5 Å². The van der Waals surface area contributed by atoms with Crippen LogP contribution in [0.5, 0.6) is 0 Å². The number of hydrogen-bond acceptors (Lipinski definition) is 6. The van der Waals surface area contributed by atoms with E-state index in [0.717, 1.165) is 16.8 Å². The van der Waals surface area contributed by atoms with Gasteiger partial charge in [0.25, 0.3) is 0 Å². The normalized spacial score (nSPS) is 10.4. The third-order valence-corrected chi connectivity index (χ3v) is 4.03. The van der Waals surface area contributed by atoms with Crippen LogP contribution in [0.15, 0.2) is 60.9 Å². The first kappa shape index (κ1) is 17.3. The van der Waals surface area contributed by atoms with E-state index in [1.165, 1.54) is 6.33 Å². The van der Waals surface area contributed by atoms with Gasteiger partial charge in [-0.2, -0.15) is 0 Å². The van der Waals surface area contributed by atoms with Crippen molar-refractivity contribution in [2.75, 3.05) is 17.3 Å². The minimum Gasteiger partial charge on any atom is -0.360 e. The molecule has 132 valence electrons. The molecule has 1 heterocycles. The highest BCUT2D eigenvalue weighted by Gasteiger charge is 2.26. The van der Waals surface area contributed by atoms with E-state index in [4.69, 9.17) is 0 Å². The van der Waals surface area contributed by atoms with Crippen molar-refractivity contribution < 1.29 is 4.92 Å². The van der Waals surface area contributed by atoms with Gasteiger partial charge in [-0.3, -0.25) is 10.1 Å².